The lowest BCUT2D eigenvalue weighted by molar-refractivity contribution is 0.230. The maximum absolute atomic E-state index is 8.83. The average molecular weight is 490 g/mol. The molecule has 7 nitrogen and oxygen atoms in total. The van der Waals surface area contributed by atoms with Gasteiger partial charge in [-0.3, -0.25) is 16.1 Å². The number of anilines is 1. The van der Waals surface area contributed by atoms with E-state index in [0.717, 1.165) is 44.5 Å². The molecule has 0 fully saturated rings. The SMILES string of the molecule is CCOc1cc(-c2cc(NCCc3ccc(Br)cc3)ncn2)sc1CCC(=N)NO. The normalized spacial score (nSPS) is 10.6. The molecule has 0 aliphatic carbocycles. The molecule has 3 rings (SSSR count). The number of hydrogen-bond donors (Lipinski definition) is 4. The summed E-state index contributed by atoms with van der Waals surface area (Å²) in [5, 5.41) is 19.8. The van der Waals surface area contributed by atoms with Crippen molar-refractivity contribution in [3.63, 3.8) is 0 Å². The number of rotatable bonds is 10. The Hall–Kier alpha value is -2.49. The lowest BCUT2D eigenvalue weighted by atomic mass is 10.1. The van der Waals surface area contributed by atoms with E-state index in [4.69, 9.17) is 15.4 Å². The largest absolute Gasteiger partial charge is 0.493 e. The molecule has 0 saturated carbocycles. The molecule has 30 heavy (non-hydrogen) atoms. The Balaban J connectivity index is 1.68. The van der Waals surface area contributed by atoms with Gasteiger partial charge in [-0.05, 0) is 37.5 Å². The van der Waals surface area contributed by atoms with E-state index in [1.165, 1.54) is 5.56 Å². The number of hydrogen-bond acceptors (Lipinski definition) is 7. The highest BCUT2D eigenvalue weighted by atomic mass is 79.9. The van der Waals surface area contributed by atoms with E-state index in [-0.39, 0.29) is 5.84 Å². The van der Waals surface area contributed by atoms with Gasteiger partial charge in [0.2, 0.25) is 0 Å². The fourth-order valence-corrected chi connectivity index (χ4v) is 4.19. The number of halogens is 1. The minimum Gasteiger partial charge on any atom is -0.493 e. The molecule has 0 atom stereocenters. The van der Waals surface area contributed by atoms with Crippen LogP contribution in [0.2, 0.25) is 0 Å². The third-order valence-electron chi connectivity index (χ3n) is 4.36. The standard InChI is InChI=1S/C21H24BrN5O2S/c1-2-29-17-12-19(30-18(17)7-8-20(23)27-28)16-11-21(26-13-25-16)24-10-9-14-3-5-15(22)6-4-14/h3-6,11-13,28H,2,7-10H2,1H3,(H2,23,27)(H,24,25,26). The van der Waals surface area contributed by atoms with Crippen LogP contribution in [0.1, 0.15) is 23.8 Å². The summed E-state index contributed by atoms with van der Waals surface area (Å²) in [4.78, 5) is 10.7. The number of hydroxylamine groups is 1. The number of benzene rings is 1. The Morgan fingerprint density at radius 2 is 2.00 bits per heavy atom. The van der Waals surface area contributed by atoms with Crippen molar-refractivity contribution in [3.8, 4) is 16.3 Å². The van der Waals surface area contributed by atoms with Crippen LogP contribution in [0.15, 0.2) is 47.2 Å². The summed E-state index contributed by atoms with van der Waals surface area (Å²) in [6.45, 7) is 3.27. The summed E-state index contributed by atoms with van der Waals surface area (Å²) in [5.41, 5.74) is 3.96. The van der Waals surface area contributed by atoms with Gasteiger partial charge in [-0.25, -0.2) is 9.97 Å². The van der Waals surface area contributed by atoms with E-state index in [2.05, 4.69) is 43.3 Å². The monoisotopic (exact) mass is 489 g/mol. The van der Waals surface area contributed by atoms with Gasteiger partial charge in [0.1, 0.15) is 23.7 Å². The van der Waals surface area contributed by atoms with Crippen LogP contribution in [0, 0.1) is 5.41 Å². The number of aryl methyl sites for hydroxylation is 1. The van der Waals surface area contributed by atoms with Gasteiger partial charge in [-0.15, -0.1) is 11.3 Å². The molecule has 158 valence electrons. The fraction of sp³-hybridized carbons (Fsp3) is 0.286. The van der Waals surface area contributed by atoms with E-state index in [9.17, 15) is 0 Å². The van der Waals surface area contributed by atoms with Crippen molar-refractivity contribution in [2.24, 2.45) is 0 Å². The molecule has 0 saturated heterocycles. The molecule has 0 bridgehead atoms. The van der Waals surface area contributed by atoms with Gasteiger partial charge in [-0.2, -0.15) is 0 Å². The minimum absolute atomic E-state index is 0.0756. The van der Waals surface area contributed by atoms with E-state index in [0.29, 0.717) is 19.4 Å². The lowest BCUT2D eigenvalue weighted by Gasteiger charge is -2.06. The number of nitrogens with one attached hydrogen (secondary N) is 3. The number of thiophene rings is 1. The molecule has 0 radical (unpaired) electrons. The van der Waals surface area contributed by atoms with Crippen LogP contribution in [0.3, 0.4) is 0 Å². The minimum atomic E-state index is 0.0756. The molecular formula is C21H24BrN5O2S. The van der Waals surface area contributed by atoms with Crippen LogP contribution in [0.5, 0.6) is 5.75 Å². The highest BCUT2D eigenvalue weighted by molar-refractivity contribution is 9.10. The molecule has 3 aromatic rings. The maximum Gasteiger partial charge on any atom is 0.133 e. The second kappa shape index (κ2) is 11.1. The van der Waals surface area contributed by atoms with E-state index < -0.39 is 0 Å². The zero-order chi connectivity index (χ0) is 21.3. The highest BCUT2D eigenvalue weighted by Crippen LogP contribution is 2.36. The van der Waals surface area contributed by atoms with Crippen LogP contribution in [0.25, 0.3) is 10.6 Å². The smallest absolute Gasteiger partial charge is 0.133 e. The molecule has 0 unspecified atom stereocenters. The van der Waals surface area contributed by atoms with Gasteiger partial charge >= 0.3 is 0 Å². The van der Waals surface area contributed by atoms with Gasteiger partial charge in [0.15, 0.2) is 0 Å². The van der Waals surface area contributed by atoms with Crippen molar-refractivity contribution in [2.75, 3.05) is 18.5 Å². The fourth-order valence-electron chi connectivity index (χ4n) is 2.86. The van der Waals surface area contributed by atoms with Crippen molar-refractivity contribution in [1.29, 1.82) is 5.41 Å². The quantitative estimate of drug-likeness (QED) is 0.183. The van der Waals surface area contributed by atoms with Crippen LogP contribution >= 0.6 is 27.3 Å². The first-order valence-electron chi connectivity index (χ1n) is 9.62. The Kier molecular flexibility index (Phi) is 8.18. The highest BCUT2D eigenvalue weighted by Gasteiger charge is 2.14. The van der Waals surface area contributed by atoms with E-state index in [1.54, 1.807) is 17.7 Å². The number of amidine groups is 1. The second-order valence-corrected chi connectivity index (χ2v) is 8.57. The third kappa shape index (κ3) is 6.25. The van der Waals surface area contributed by atoms with Crippen molar-refractivity contribution in [2.45, 2.75) is 26.2 Å². The molecule has 0 amide bonds. The van der Waals surface area contributed by atoms with Crippen molar-refractivity contribution >= 4 is 38.9 Å². The van der Waals surface area contributed by atoms with E-state index in [1.807, 2.05) is 36.7 Å². The first-order chi connectivity index (χ1) is 14.6. The average Bonchev–Trinajstić information content (AvgIpc) is 3.17. The summed E-state index contributed by atoms with van der Waals surface area (Å²) in [5.74, 6) is 1.65. The van der Waals surface area contributed by atoms with Gasteiger partial charge in [0.25, 0.3) is 0 Å². The Morgan fingerprint density at radius 3 is 2.73 bits per heavy atom. The van der Waals surface area contributed by atoms with Gasteiger partial charge < -0.3 is 10.1 Å². The van der Waals surface area contributed by atoms with E-state index >= 15 is 0 Å². The molecule has 2 aromatic heterocycles. The topological polar surface area (TPSA) is 103 Å². The first kappa shape index (κ1) is 22.2. The summed E-state index contributed by atoms with van der Waals surface area (Å²) < 4.78 is 6.83. The summed E-state index contributed by atoms with van der Waals surface area (Å²) in [6.07, 6.45) is 3.47. The van der Waals surface area contributed by atoms with Gasteiger partial charge in [-0.1, -0.05) is 28.1 Å². The molecule has 1 aromatic carbocycles. The molecule has 0 aliphatic heterocycles. The van der Waals surface area contributed by atoms with Gasteiger partial charge in [0.05, 0.1) is 17.2 Å². The van der Waals surface area contributed by atoms with Crippen LogP contribution < -0.4 is 15.5 Å². The second-order valence-electron chi connectivity index (χ2n) is 6.51. The summed E-state index contributed by atoms with van der Waals surface area (Å²) in [7, 11) is 0. The Morgan fingerprint density at radius 1 is 1.20 bits per heavy atom. The Bertz CT molecular complexity index is 978. The maximum atomic E-state index is 8.83. The van der Waals surface area contributed by atoms with Crippen LogP contribution in [-0.4, -0.2) is 34.2 Å². The predicted molar refractivity (Wildman–Crippen MR) is 124 cm³/mol. The van der Waals surface area contributed by atoms with Gasteiger partial charge in [0, 0.05) is 34.4 Å². The predicted octanol–water partition coefficient (Wildman–Crippen LogP) is 4.91. The lowest BCUT2D eigenvalue weighted by Crippen LogP contribution is -2.17. The third-order valence-corrected chi connectivity index (χ3v) is 6.09. The van der Waals surface area contributed by atoms with Crippen LogP contribution in [-0.2, 0) is 12.8 Å². The van der Waals surface area contributed by atoms with Crippen LogP contribution in [0.4, 0.5) is 5.82 Å². The molecule has 2 heterocycles. The molecule has 0 spiro atoms. The first-order valence-corrected chi connectivity index (χ1v) is 11.2. The van der Waals surface area contributed by atoms with Crippen molar-refractivity contribution in [1.82, 2.24) is 15.4 Å². The van der Waals surface area contributed by atoms with Crippen molar-refractivity contribution in [3.05, 3.63) is 57.6 Å². The molecular weight excluding hydrogens is 466 g/mol. The zero-order valence-electron chi connectivity index (χ0n) is 16.6. The summed E-state index contributed by atoms with van der Waals surface area (Å²) in [6, 6.07) is 12.2. The number of nitrogens with zero attached hydrogens (tertiary/aromatic N) is 2. The van der Waals surface area contributed by atoms with Crippen molar-refractivity contribution < 1.29 is 9.94 Å². The number of ether oxygens (including phenoxy) is 1. The molecule has 4 N–H and O–H groups in total. The number of aromatic nitrogens is 2. The molecule has 9 heteroatoms. The Labute approximate surface area is 188 Å². The summed E-state index contributed by atoms with van der Waals surface area (Å²) >= 11 is 5.03. The zero-order valence-corrected chi connectivity index (χ0v) is 19.0. The molecule has 0 aliphatic rings.